The van der Waals surface area contributed by atoms with Crippen LogP contribution in [0.4, 0.5) is 0 Å². The minimum absolute atomic E-state index is 0.0603. The van der Waals surface area contributed by atoms with Crippen LogP contribution >= 0.6 is 0 Å². The van der Waals surface area contributed by atoms with Crippen molar-refractivity contribution >= 4 is 43.1 Å². The topological polar surface area (TPSA) is 0 Å². The van der Waals surface area contributed by atoms with Crippen molar-refractivity contribution < 1.29 is 0 Å². The number of fused-ring (bicyclic) bond motifs is 9. The van der Waals surface area contributed by atoms with Crippen LogP contribution < -0.4 is 0 Å². The molecule has 0 saturated carbocycles. The predicted octanol–water partition coefficient (Wildman–Crippen LogP) is 11.9. The van der Waals surface area contributed by atoms with E-state index in [1.165, 1.54) is 87.6 Å². The minimum Gasteiger partial charge on any atom is -0.0619 e. The van der Waals surface area contributed by atoms with Gasteiger partial charge in [0.2, 0.25) is 0 Å². The summed E-state index contributed by atoms with van der Waals surface area (Å²) >= 11 is 0. The Morgan fingerprint density at radius 3 is 1.86 bits per heavy atom. The van der Waals surface area contributed by atoms with E-state index in [0.717, 1.165) is 0 Å². The van der Waals surface area contributed by atoms with Gasteiger partial charge in [-0.1, -0.05) is 141 Å². The van der Waals surface area contributed by atoms with Crippen molar-refractivity contribution in [2.24, 2.45) is 0 Å². The maximum Gasteiger partial charge on any atom is 0.0159 e. The fourth-order valence-electron chi connectivity index (χ4n) is 7.76. The highest BCUT2D eigenvalue weighted by Crippen LogP contribution is 2.53. The first-order valence-electron chi connectivity index (χ1n) is 15.2. The zero-order chi connectivity index (χ0) is 28.7. The smallest absolute Gasteiger partial charge is 0.0159 e. The molecule has 0 nitrogen and oxygen atoms in total. The van der Waals surface area contributed by atoms with Gasteiger partial charge in [0.1, 0.15) is 0 Å². The third-order valence-corrected chi connectivity index (χ3v) is 9.82. The zero-order valence-electron chi connectivity index (χ0n) is 24.4. The van der Waals surface area contributed by atoms with E-state index in [4.69, 9.17) is 0 Å². The highest BCUT2D eigenvalue weighted by Gasteiger charge is 2.36. The molecule has 9 rings (SSSR count). The SMILES string of the molecule is CC1(C)c2ccccc2-c2c1cc(-c1cccc(-c3c4ccccc4cc4c3ccc3ccccc34)c1)c1ccccc21. The van der Waals surface area contributed by atoms with E-state index in [0.29, 0.717) is 0 Å². The van der Waals surface area contributed by atoms with Crippen molar-refractivity contribution in [2.45, 2.75) is 19.3 Å². The average Bonchev–Trinajstić information content (AvgIpc) is 3.29. The molecule has 0 unspecified atom stereocenters. The Morgan fingerprint density at radius 2 is 1.00 bits per heavy atom. The second-order valence-electron chi connectivity index (χ2n) is 12.5. The maximum atomic E-state index is 2.48. The summed E-state index contributed by atoms with van der Waals surface area (Å²) in [6, 6.07) is 54.2. The van der Waals surface area contributed by atoms with Crippen LogP contribution in [-0.2, 0) is 5.41 Å². The molecule has 0 heterocycles. The lowest BCUT2D eigenvalue weighted by atomic mass is 9.80. The average molecular weight is 547 g/mol. The number of hydrogen-bond acceptors (Lipinski definition) is 0. The number of benzene rings is 8. The summed E-state index contributed by atoms with van der Waals surface area (Å²) in [5, 5.41) is 10.4. The van der Waals surface area contributed by atoms with Gasteiger partial charge in [-0.25, -0.2) is 0 Å². The largest absolute Gasteiger partial charge is 0.0619 e. The lowest BCUT2D eigenvalue weighted by molar-refractivity contribution is 0.661. The van der Waals surface area contributed by atoms with Crippen LogP contribution in [0.1, 0.15) is 25.0 Å². The highest BCUT2D eigenvalue weighted by atomic mass is 14.4. The Kier molecular flexibility index (Phi) is 5.05. The van der Waals surface area contributed by atoms with Crippen LogP contribution in [0.25, 0.3) is 76.5 Å². The van der Waals surface area contributed by atoms with Gasteiger partial charge in [0.05, 0.1) is 0 Å². The molecule has 0 radical (unpaired) electrons. The van der Waals surface area contributed by atoms with Crippen molar-refractivity contribution in [1.82, 2.24) is 0 Å². The van der Waals surface area contributed by atoms with Crippen LogP contribution in [-0.4, -0.2) is 0 Å². The molecule has 8 aromatic rings. The van der Waals surface area contributed by atoms with Gasteiger partial charge < -0.3 is 0 Å². The normalized spacial score (nSPS) is 13.5. The third-order valence-electron chi connectivity index (χ3n) is 9.82. The monoisotopic (exact) mass is 546 g/mol. The molecule has 43 heavy (non-hydrogen) atoms. The van der Waals surface area contributed by atoms with Gasteiger partial charge in [-0.2, -0.15) is 0 Å². The van der Waals surface area contributed by atoms with Crippen molar-refractivity contribution in [2.75, 3.05) is 0 Å². The van der Waals surface area contributed by atoms with Gasteiger partial charge in [-0.3, -0.25) is 0 Å². The molecule has 0 bridgehead atoms. The Morgan fingerprint density at radius 1 is 0.349 bits per heavy atom. The standard InChI is InChI=1S/C43H30/c1-43(2)39-21-10-9-20-36(39)42-34-19-8-7-18-33(34)37(26-40(42)43)28-14-11-15-30(24-28)41-32-17-6-4-13-29(32)25-38-31-16-5-3-12-27(31)22-23-35(38)41/h3-26H,1-2H3. The van der Waals surface area contributed by atoms with Gasteiger partial charge in [0.25, 0.3) is 0 Å². The van der Waals surface area contributed by atoms with Gasteiger partial charge in [-0.05, 0) is 106 Å². The summed E-state index contributed by atoms with van der Waals surface area (Å²) in [4.78, 5) is 0. The first-order chi connectivity index (χ1) is 21.1. The minimum atomic E-state index is -0.0603. The quantitative estimate of drug-likeness (QED) is 0.149. The van der Waals surface area contributed by atoms with Gasteiger partial charge in [0.15, 0.2) is 0 Å². The Bertz CT molecular complexity index is 2420. The summed E-state index contributed by atoms with van der Waals surface area (Å²) < 4.78 is 0. The summed E-state index contributed by atoms with van der Waals surface area (Å²) in [5.41, 5.74) is 10.6. The molecule has 0 saturated heterocycles. The summed E-state index contributed by atoms with van der Waals surface area (Å²) in [7, 11) is 0. The van der Waals surface area contributed by atoms with E-state index >= 15 is 0 Å². The molecule has 0 fully saturated rings. The number of rotatable bonds is 2. The summed E-state index contributed by atoms with van der Waals surface area (Å²) in [6.45, 7) is 4.75. The van der Waals surface area contributed by atoms with Gasteiger partial charge >= 0.3 is 0 Å². The second kappa shape index (κ2) is 8.90. The molecular formula is C43H30. The number of hydrogen-bond donors (Lipinski definition) is 0. The van der Waals surface area contributed by atoms with Crippen molar-refractivity contribution in [3.8, 4) is 33.4 Å². The van der Waals surface area contributed by atoms with Crippen LogP contribution in [0.3, 0.4) is 0 Å². The van der Waals surface area contributed by atoms with Crippen molar-refractivity contribution in [3.05, 3.63) is 157 Å². The van der Waals surface area contributed by atoms with Crippen molar-refractivity contribution in [3.63, 3.8) is 0 Å². The Labute approximate surface area is 251 Å². The van der Waals surface area contributed by atoms with Gasteiger partial charge in [-0.15, -0.1) is 0 Å². The zero-order valence-corrected chi connectivity index (χ0v) is 24.4. The third kappa shape index (κ3) is 3.44. The van der Waals surface area contributed by atoms with E-state index in [1.54, 1.807) is 0 Å². The highest BCUT2D eigenvalue weighted by molar-refractivity contribution is 6.20. The van der Waals surface area contributed by atoms with Crippen LogP contribution in [0.5, 0.6) is 0 Å². The Balaban J connectivity index is 1.34. The Hall–Kier alpha value is -5.20. The first-order valence-corrected chi connectivity index (χ1v) is 15.2. The van der Waals surface area contributed by atoms with E-state index in [2.05, 4.69) is 159 Å². The molecule has 0 aromatic heterocycles. The molecule has 0 N–H and O–H groups in total. The second-order valence-corrected chi connectivity index (χ2v) is 12.5. The molecule has 0 aliphatic heterocycles. The fraction of sp³-hybridized carbons (Fsp3) is 0.0698. The van der Waals surface area contributed by atoms with Crippen LogP contribution in [0.15, 0.2) is 146 Å². The van der Waals surface area contributed by atoms with Crippen LogP contribution in [0, 0.1) is 0 Å². The molecule has 1 aliphatic rings. The van der Waals surface area contributed by atoms with E-state index in [-0.39, 0.29) is 5.41 Å². The lowest BCUT2D eigenvalue weighted by Crippen LogP contribution is -2.15. The summed E-state index contributed by atoms with van der Waals surface area (Å²) in [5.74, 6) is 0. The fourth-order valence-corrected chi connectivity index (χ4v) is 7.76. The molecule has 0 atom stereocenters. The van der Waals surface area contributed by atoms with E-state index < -0.39 is 0 Å². The molecule has 202 valence electrons. The van der Waals surface area contributed by atoms with Crippen LogP contribution in [0.2, 0.25) is 0 Å². The van der Waals surface area contributed by atoms with Crippen molar-refractivity contribution in [1.29, 1.82) is 0 Å². The summed E-state index contributed by atoms with van der Waals surface area (Å²) in [6.07, 6.45) is 0. The maximum absolute atomic E-state index is 2.48. The molecule has 1 aliphatic carbocycles. The molecule has 0 amide bonds. The molecule has 0 spiro atoms. The molecule has 0 heteroatoms. The molecule has 8 aromatic carbocycles. The lowest BCUT2D eigenvalue weighted by Gasteiger charge is -2.23. The van der Waals surface area contributed by atoms with Gasteiger partial charge in [0, 0.05) is 5.41 Å². The van der Waals surface area contributed by atoms with E-state index in [9.17, 15) is 0 Å². The van der Waals surface area contributed by atoms with E-state index in [1.807, 2.05) is 0 Å². The first kappa shape index (κ1) is 24.4. The molecular weight excluding hydrogens is 516 g/mol. The predicted molar refractivity (Wildman–Crippen MR) is 185 cm³/mol.